The number of aryl methyl sites for hydroxylation is 1. The average molecular weight is 431 g/mol. The number of rotatable bonds is 4. The second-order valence-electron chi connectivity index (χ2n) is 8.47. The van der Waals surface area contributed by atoms with Gasteiger partial charge in [-0.15, -0.1) is 0 Å². The second-order valence-corrected chi connectivity index (χ2v) is 8.47. The average Bonchev–Trinajstić information content (AvgIpc) is 2.80. The van der Waals surface area contributed by atoms with Crippen LogP contribution in [0.15, 0.2) is 55.0 Å². The molecule has 0 atom stereocenters. The first-order valence-electron chi connectivity index (χ1n) is 11.5. The number of nitrogens with one attached hydrogen (secondary N) is 2. The Hall–Kier alpha value is -3.21. The molecule has 1 aromatic carbocycles. The van der Waals surface area contributed by atoms with Crippen molar-refractivity contribution in [2.75, 3.05) is 5.32 Å². The summed E-state index contributed by atoms with van der Waals surface area (Å²) in [6.45, 7) is 4.03. The van der Waals surface area contributed by atoms with Crippen molar-refractivity contribution in [1.82, 2.24) is 15.3 Å². The van der Waals surface area contributed by atoms with E-state index in [-0.39, 0.29) is 5.83 Å². The van der Waals surface area contributed by atoms with Crippen molar-refractivity contribution >= 4 is 23.4 Å². The molecule has 1 saturated carbocycles. The second kappa shape index (κ2) is 10.4. The lowest BCUT2D eigenvalue weighted by Gasteiger charge is -2.22. The van der Waals surface area contributed by atoms with Gasteiger partial charge in [-0.2, -0.15) is 0 Å². The first-order chi connectivity index (χ1) is 15.6. The maximum atomic E-state index is 14.9. The molecule has 166 valence electrons. The topological polar surface area (TPSA) is 49.8 Å². The van der Waals surface area contributed by atoms with Gasteiger partial charge in [0.25, 0.3) is 0 Å². The predicted octanol–water partition coefficient (Wildman–Crippen LogP) is 6.57. The Morgan fingerprint density at radius 2 is 2.03 bits per heavy atom. The van der Waals surface area contributed by atoms with Crippen LogP contribution in [0.25, 0.3) is 17.5 Å². The summed E-state index contributed by atoms with van der Waals surface area (Å²) in [6, 6.07) is 6.37. The van der Waals surface area contributed by atoms with Gasteiger partial charge >= 0.3 is 0 Å². The molecule has 2 aliphatic rings. The lowest BCUT2D eigenvalue weighted by molar-refractivity contribution is 0.461. The molecule has 2 N–H and O–H groups in total. The molecule has 32 heavy (non-hydrogen) atoms. The van der Waals surface area contributed by atoms with Crippen LogP contribution in [0.5, 0.6) is 0 Å². The molecule has 1 aliphatic heterocycles. The van der Waals surface area contributed by atoms with Gasteiger partial charge in [-0.05, 0) is 73.6 Å². The van der Waals surface area contributed by atoms with Crippen LogP contribution in [0.3, 0.4) is 0 Å². The summed E-state index contributed by atoms with van der Waals surface area (Å²) in [5.74, 6) is 0.403. The molecule has 2 heterocycles. The lowest BCUT2D eigenvalue weighted by Crippen LogP contribution is -2.23. The number of hydrogen-bond donors (Lipinski definition) is 2. The zero-order chi connectivity index (χ0) is 22.3. The molecule has 0 unspecified atom stereocenters. The molecule has 2 aromatic rings. The highest BCUT2D eigenvalue weighted by atomic mass is 19.1. The van der Waals surface area contributed by atoms with Crippen molar-refractivity contribution in [3.63, 3.8) is 0 Å². The van der Waals surface area contributed by atoms with Gasteiger partial charge in [-0.25, -0.2) is 14.4 Å². The van der Waals surface area contributed by atoms with Crippen molar-refractivity contribution < 1.29 is 4.39 Å². The van der Waals surface area contributed by atoms with Crippen LogP contribution >= 0.6 is 0 Å². The Balaban J connectivity index is 1.64. The molecule has 1 aliphatic carbocycles. The van der Waals surface area contributed by atoms with Crippen LogP contribution in [-0.2, 0) is 6.42 Å². The summed E-state index contributed by atoms with van der Waals surface area (Å²) in [4.78, 5) is 9.21. The van der Waals surface area contributed by atoms with E-state index in [4.69, 9.17) is 4.98 Å². The van der Waals surface area contributed by atoms with E-state index >= 15 is 0 Å². The lowest BCUT2D eigenvalue weighted by atomic mass is 9.95. The van der Waals surface area contributed by atoms with Crippen molar-refractivity contribution in [1.29, 1.82) is 0 Å². The fourth-order valence-electron chi connectivity index (χ4n) is 4.37. The third kappa shape index (κ3) is 5.34. The monoisotopic (exact) mass is 430 g/mol. The van der Waals surface area contributed by atoms with Gasteiger partial charge in [0.2, 0.25) is 5.95 Å². The minimum atomic E-state index is -0.270. The van der Waals surface area contributed by atoms with Crippen LogP contribution in [0.2, 0.25) is 0 Å². The van der Waals surface area contributed by atoms with Crippen molar-refractivity contribution in [2.45, 2.75) is 58.4 Å². The number of benzene rings is 1. The third-order valence-electron chi connectivity index (χ3n) is 6.10. The Kier molecular flexibility index (Phi) is 7.15. The minimum Gasteiger partial charge on any atom is -0.365 e. The van der Waals surface area contributed by atoms with Crippen molar-refractivity contribution in [3.8, 4) is 0 Å². The Bertz CT molecular complexity index is 1080. The first-order valence-corrected chi connectivity index (χ1v) is 11.5. The van der Waals surface area contributed by atoms with E-state index in [0.29, 0.717) is 24.0 Å². The smallest absolute Gasteiger partial charge is 0.223 e. The maximum absolute atomic E-state index is 14.9. The van der Waals surface area contributed by atoms with Crippen LogP contribution in [0.1, 0.15) is 67.0 Å². The summed E-state index contributed by atoms with van der Waals surface area (Å²) in [5.41, 5.74) is 5.55. The highest BCUT2D eigenvalue weighted by Crippen LogP contribution is 2.28. The fraction of sp³-hybridized carbons (Fsp3) is 0.333. The van der Waals surface area contributed by atoms with Gasteiger partial charge < -0.3 is 10.6 Å². The fourth-order valence-corrected chi connectivity index (χ4v) is 4.37. The van der Waals surface area contributed by atoms with Gasteiger partial charge in [-0.3, -0.25) is 0 Å². The van der Waals surface area contributed by atoms with Crippen LogP contribution < -0.4 is 10.6 Å². The van der Waals surface area contributed by atoms with Gasteiger partial charge in [0.05, 0.1) is 5.69 Å². The van der Waals surface area contributed by atoms with E-state index in [1.54, 1.807) is 12.4 Å². The zero-order valence-corrected chi connectivity index (χ0v) is 18.9. The number of nitrogens with zero attached hydrogens (tertiary/aromatic N) is 2. The van der Waals surface area contributed by atoms with E-state index in [9.17, 15) is 4.39 Å². The molecular formula is C27H31FN4. The molecule has 0 saturated heterocycles. The Morgan fingerprint density at radius 3 is 2.84 bits per heavy atom. The van der Waals surface area contributed by atoms with Gasteiger partial charge in [0.15, 0.2) is 0 Å². The van der Waals surface area contributed by atoms with E-state index in [1.807, 2.05) is 37.3 Å². The highest BCUT2D eigenvalue weighted by Gasteiger charge is 2.15. The molecule has 4 nitrogen and oxygen atoms in total. The standard InChI is InChI=1S/C27H31FN4/c1-3-7-21-17-24-22(16-19(21)2)11-10-20(12-14-29-18-25(24)28)26-13-15-30-27(32-26)31-23-8-5-4-6-9-23/h3,7,10,12-18,23,29H,4-6,8-9,11H2,1-2H3,(H,30,31,32)/b7-3-,14-12-,20-10+,25-18-. The van der Waals surface area contributed by atoms with Crippen molar-refractivity contribution in [2.24, 2.45) is 0 Å². The molecular weight excluding hydrogens is 399 g/mol. The largest absolute Gasteiger partial charge is 0.365 e. The van der Waals surface area contributed by atoms with Crippen LogP contribution in [0.4, 0.5) is 10.3 Å². The van der Waals surface area contributed by atoms with Crippen LogP contribution in [0, 0.1) is 6.92 Å². The molecule has 0 spiro atoms. The number of halogens is 1. The van der Waals surface area contributed by atoms with E-state index in [2.05, 4.69) is 34.7 Å². The summed E-state index contributed by atoms with van der Waals surface area (Å²) in [7, 11) is 0. The summed E-state index contributed by atoms with van der Waals surface area (Å²) in [5, 5.41) is 6.46. The number of aromatic nitrogens is 2. The SMILES string of the molecule is C/C=C\c1cc2c(cc1C)C/C=C(c1ccnc(NC3CCCCC3)n1)\C=C/N/C=C/2F. The third-order valence-corrected chi connectivity index (χ3v) is 6.10. The number of fused-ring (bicyclic) bond motifs is 1. The normalized spacial score (nSPS) is 21.6. The van der Waals surface area contributed by atoms with Gasteiger partial charge in [0, 0.05) is 30.2 Å². The molecule has 5 heteroatoms. The summed E-state index contributed by atoms with van der Waals surface area (Å²) < 4.78 is 14.9. The Morgan fingerprint density at radius 1 is 1.19 bits per heavy atom. The molecule has 4 rings (SSSR count). The van der Waals surface area contributed by atoms with Gasteiger partial charge in [0.1, 0.15) is 5.83 Å². The first kappa shape index (κ1) is 22.0. The minimum absolute atomic E-state index is 0.270. The quantitative estimate of drug-likeness (QED) is 0.576. The number of anilines is 1. The molecule has 0 bridgehead atoms. The number of allylic oxidation sites excluding steroid dienone is 4. The number of hydrogen-bond acceptors (Lipinski definition) is 4. The van der Waals surface area contributed by atoms with E-state index < -0.39 is 0 Å². The summed E-state index contributed by atoms with van der Waals surface area (Å²) in [6.07, 6.45) is 19.8. The highest BCUT2D eigenvalue weighted by molar-refractivity contribution is 5.74. The summed E-state index contributed by atoms with van der Waals surface area (Å²) >= 11 is 0. The van der Waals surface area contributed by atoms with E-state index in [0.717, 1.165) is 28.0 Å². The molecule has 1 aromatic heterocycles. The van der Waals surface area contributed by atoms with Gasteiger partial charge in [-0.1, -0.05) is 43.6 Å². The van der Waals surface area contributed by atoms with Crippen LogP contribution in [-0.4, -0.2) is 16.0 Å². The maximum Gasteiger partial charge on any atom is 0.223 e. The zero-order valence-electron chi connectivity index (χ0n) is 18.9. The molecule has 1 fully saturated rings. The van der Waals surface area contributed by atoms with E-state index in [1.165, 1.54) is 38.3 Å². The Labute approximate surface area is 190 Å². The molecule has 0 radical (unpaired) electrons. The van der Waals surface area contributed by atoms with Crippen molar-refractivity contribution in [3.05, 3.63) is 83.0 Å². The predicted molar refractivity (Wildman–Crippen MR) is 131 cm³/mol. The molecule has 0 amide bonds.